The average Bonchev–Trinajstić information content (AvgIpc) is 2.27. The van der Waals surface area contributed by atoms with E-state index in [9.17, 15) is 9.59 Å². The van der Waals surface area contributed by atoms with Gasteiger partial charge in [-0.25, -0.2) is 0 Å². The minimum atomic E-state index is -0.257. The number of ether oxygens (including phenoxy) is 2. The summed E-state index contributed by atoms with van der Waals surface area (Å²) in [4.78, 5) is 20.8. The maximum Gasteiger partial charge on any atom is 0.302 e. The summed E-state index contributed by atoms with van der Waals surface area (Å²) in [6, 6.07) is 0. The smallest absolute Gasteiger partial charge is 0.302 e. The van der Waals surface area contributed by atoms with E-state index in [1.165, 1.54) is 13.3 Å². The van der Waals surface area contributed by atoms with Crippen LogP contribution in [-0.2, 0) is 19.1 Å². The molecule has 0 saturated heterocycles. The maximum absolute atomic E-state index is 10.5. The van der Waals surface area contributed by atoms with Crippen molar-refractivity contribution >= 4 is 11.8 Å². The zero-order valence-electron chi connectivity index (χ0n) is 11.2. The first-order valence-corrected chi connectivity index (χ1v) is 6.33. The minimum absolute atomic E-state index is 0.127. The van der Waals surface area contributed by atoms with Crippen molar-refractivity contribution in [2.75, 3.05) is 13.2 Å². The van der Waals surface area contributed by atoms with E-state index in [2.05, 4.69) is 0 Å². The highest BCUT2D eigenvalue weighted by molar-refractivity contribution is 5.78. The van der Waals surface area contributed by atoms with Gasteiger partial charge in [-0.2, -0.15) is 0 Å². The molecule has 17 heavy (non-hydrogen) atoms. The quantitative estimate of drug-likeness (QED) is 0.713. The Balaban J connectivity index is 0.000000318. The Hall–Kier alpha value is -0.900. The lowest BCUT2D eigenvalue weighted by Crippen LogP contribution is -2.18. The van der Waals surface area contributed by atoms with Crippen LogP contribution in [0.2, 0.25) is 0 Å². The molecule has 0 aliphatic heterocycles. The van der Waals surface area contributed by atoms with E-state index in [0.29, 0.717) is 19.0 Å². The summed E-state index contributed by atoms with van der Waals surface area (Å²) >= 11 is 0. The molecule has 0 N–H and O–H groups in total. The molecule has 4 heteroatoms. The largest absolute Gasteiger partial charge is 0.460 e. The summed E-state index contributed by atoms with van der Waals surface area (Å²) in [6.07, 6.45) is 5.11. The molecular formula is C13H24O4. The van der Waals surface area contributed by atoms with Gasteiger partial charge in [0.2, 0.25) is 0 Å². The van der Waals surface area contributed by atoms with Gasteiger partial charge in [-0.1, -0.05) is 6.42 Å². The minimum Gasteiger partial charge on any atom is -0.460 e. The van der Waals surface area contributed by atoms with Gasteiger partial charge in [-0.05, 0) is 26.7 Å². The molecule has 0 radical (unpaired) electrons. The first kappa shape index (κ1) is 16.1. The number of esters is 1. The Bertz CT molecular complexity index is 217. The topological polar surface area (TPSA) is 52.6 Å². The zero-order chi connectivity index (χ0) is 13.1. The normalized spacial score (nSPS) is 16.8. The van der Waals surface area contributed by atoms with Crippen LogP contribution in [0, 0.1) is 0 Å². The van der Waals surface area contributed by atoms with Gasteiger partial charge in [0.05, 0.1) is 6.61 Å². The number of hydrogen-bond acceptors (Lipinski definition) is 4. The van der Waals surface area contributed by atoms with Gasteiger partial charge in [0.25, 0.3) is 0 Å². The standard InChI is InChI=1S/C7H14O3.C6H10O/c1-4-9-5-6(2)10-7(3)8;7-6-4-2-1-3-5-6/h6H,4-5H2,1-3H3;1-5H2. The molecule has 100 valence electrons. The third-order valence-corrected chi connectivity index (χ3v) is 2.34. The Labute approximate surface area is 104 Å². The molecule has 1 unspecified atom stereocenters. The van der Waals surface area contributed by atoms with Gasteiger partial charge >= 0.3 is 5.97 Å². The molecule has 0 heterocycles. The van der Waals surface area contributed by atoms with Crippen molar-refractivity contribution < 1.29 is 19.1 Å². The molecule has 0 aromatic carbocycles. The number of hydrogen-bond donors (Lipinski definition) is 0. The lowest BCUT2D eigenvalue weighted by atomic mass is 10.00. The highest BCUT2D eigenvalue weighted by Gasteiger charge is 2.06. The van der Waals surface area contributed by atoms with Crippen molar-refractivity contribution in [3.05, 3.63) is 0 Å². The third kappa shape index (κ3) is 11.4. The molecule has 4 nitrogen and oxygen atoms in total. The molecule has 1 rings (SSSR count). The predicted octanol–water partition coefficient (Wildman–Crippen LogP) is 2.49. The van der Waals surface area contributed by atoms with Crippen LogP contribution in [0.5, 0.6) is 0 Å². The number of carbonyl (C=O) groups is 2. The van der Waals surface area contributed by atoms with E-state index < -0.39 is 0 Å². The van der Waals surface area contributed by atoms with Crippen LogP contribution in [0.4, 0.5) is 0 Å². The Morgan fingerprint density at radius 2 is 1.88 bits per heavy atom. The SMILES string of the molecule is CCOCC(C)OC(C)=O.O=C1CCCCC1. The van der Waals surface area contributed by atoms with Crippen LogP contribution in [-0.4, -0.2) is 31.1 Å². The third-order valence-electron chi connectivity index (χ3n) is 2.34. The van der Waals surface area contributed by atoms with E-state index in [4.69, 9.17) is 9.47 Å². The lowest BCUT2D eigenvalue weighted by Gasteiger charge is -2.10. The van der Waals surface area contributed by atoms with Gasteiger partial charge < -0.3 is 9.47 Å². The lowest BCUT2D eigenvalue weighted by molar-refractivity contribution is -0.148. The molecule has 0 spiro atoms. The summed E-state index contributed by atoms with van der Waals surface area (Å²) in [5.74, 6) is 0.207. The molecular weight excluding hydrogens is 220 g/mol. The second kappa shape index (κ2) is 10.3. The van der Waals surface area contributed by atoms with Crippen LogP contribution in [0.1, 0.15) is 52.9 Å². The maximum atomic E-state index is 10.5. The zero-order valence-corrected chi connectivity index (χ0v) is 11.2. The van der Waals surface area contributed by atoms with Gasteiger partial charge in [-0.15, -0.1) is 0 Å². The van der Waals surface area contributed by atoms with Crippen LogP contribution >= 0.6 is 0 Å². The summed E-state index contributed by atoms with van der Waals surface area (Å²) in [5, 5.41) is 0. The van der Waals surface area contributed by atoms with E-state index in [0.717, 1.165) is 25.7 Å². The fourth-order valence-corrected chi connectivity index (χ4v) is 1.55. The second-order valence-corrected chi connectivity index (χ2v) is 4.18. The second-order valence-electron chi connectivity index (χ2n) is 4.18. The van der Waals surface area contributed by atoms with Crippen LogP contribution in [0.3, 0.4) is 0 Å². The van der Waals surface area contributed by atoms with Crippen LogP contribution in [0.25, 0.3) is 0 Å². The van der Waals surface area contributed by atoms with Crippen molar-refractivity contribution in [2.45, 2.75) is 59.0 Å². The van der Waals surface area contributed by atoms with Crippen molar-refractivity contribution in [3.8, 4) is 0 Å². The van der Waals surface area contributed by atoms with Crippen molar-refractivity contribution in [1.29, 1.82) is 0 Å². The number of rotatable bonds is 4. The van der Waals surface area contributed by atoms with E-state index in [1.54, 1.807) is 6.92 Å². The first-order chi connectivity index (χ1) is 8.06. The summed E-state index contributed by atoms with van der Waals surface area (Å²) < 4.78 is 9.81. The van der Waals surface area contributed by atoms with Gasteiger partial charge in [-0.3, -0.25) is 9.59 Å². The first-order valence-electron chi connectivity index (χ1n) is 6.33. The Kier molecular flexibility index (Phi) is 9.72. The molecule has 1 aliphatic rings. The van der Waals surface area contributed by atoms with Crippen molar-refractivity contribution in [1.82, 2.24) is 0 Å². The van der Waals surface area contributed by atoms with E-state index in [-0.39, 0.29) is 12.1 Å². The molecule has 0 aromatic rings. The van der Waals surface area contributed by atoms with Crippen LogP contribution < -0.4 is 0 Å². The molecule has 1 fully saturated rings. The monoisotopic (exact) mass is 244 g/mol. The molecule has 1 atom stereocenters. The van der Waals surface area contributed by atoms with E-state index >= 15 is 0 Å². The summed E-state index contributed by atoms with van der Waals surface area (Å²) in [6.45, 7) is 6.24. The summed E-state index contributed by atoms with van der Waals surface area (Å²) in [7, 11) is 0. The number of carbonyl (C=O) groups excluding carboxylic acids is 2. The van der Waals surface area contributed by atoms with Gasteiger partial charge in [0.1, 0.15) is 11.9 Å². The average molecular weight is 244 g/mol. The van der Waals surface area contributed by atoms with Gasteiger partial charge in [0.15, 0.2) is 0 Å². The summed E-state index contributed by atoms with van der Waals surface area (Å²) in [5.41, 5.74) is 0. The van der Waals surface area contributed by atoms with Crippen molar-refractivity contribution in [3.63, 3.8) is 0 Å². The Morgan fingerprint density at radius 3 is 2.24 bits per heavy atom. The van der Waals surface area contributed by atoms with E-state index in [1.807, 2.05) is 6.92 Å². The predicted molar refractivity (Wildman–Crippen MR) is 65.8 cm³/mol. The fraction of sp³-hybridized carbons (Fsp3) is 0.846. The molecule has 0 amide bonds. The van der Waals surface area contributed by atoms with Crippen LogP contribution in [0.15, 0.2) is 0 Å². The van der Waals surface area contributed by atoms with Gasteiger partial charge in [0, 0.05) is 26.4 Å². The molecule has 0 bridgehead atoms. The highest BCUT2D eigenvalue weighted by Crippen LogP contribution is 2.12. The molecule has 1 aliphatic carbocycles. The van der Waals surface area contributed by atoms with Crippen molar-refractivity contribution in [2.24, 2.45) is 0 Å². The Morgan fingerprint density at radius 1 is 1.29 bits per heavy atom. The molecule has 0 aromatic heterocycles. The molecule has 1 saturated carbocycles. The fourth-order valence-electron chi connectivity index (χ4n) is 1.55. The highest BCUT2D eigenvalue weighted by atomic mass is 16.6. The number of ketones is 1. The number of Topliss-reactive ketones (excluding diaryl/α,β-unsaturated/α-hetero) is 1.